The van der Waals surface area contributed by atoms with E-state index in [-0.39, 0.29) is 39.3 Å². The highest BCUT2D eigenvalue weighted by molar-refractivity contribution is 6.40. The summed E-state index contributed by atoms with van der Waals surface area (Å²) < 4.78 is 5.72. The quantitative estimate of drug-likeness (QED) is 0.181. The van der Waals surface area contributed by atoms with Gasteiger partial charge < -0.3 is 4.74 Å². The van der Waals surface area contributed by atoms with Gasteiger partial charge in [-0.3, -0.25) is 25.0 Å². The molecule has 1 N–H and O–H groups in total. The van der Waals surface area contributed by atoms with Crippen molar-refractivity contribution in [2.24, 2.45) is 0 Å². The molecule has 3 aromatic carbocycles. The number of amides is 4. The van der Waals surface area contributed by atoms with Crippen LogP contribution < -0.4 is 15.0 Å². The molecule has 4 amide bonds. The second kappa shape index (κ2) is 10.4. The minimum absolute atomic E-state index is 0.0767. The van der Waals surface area contributed by atoms with E-state index in [1.165, 1.54) is 36.4 Å². The third-order valence-electron chi connectivity index (χ3n) is 5.03. The van der Waals surface area contributed by atoms with E-state index in [9.17, 15) is 24.5 Å². The lowest BCUT2D eigenvalue weighted by molar-refractivity contribution is -0.384. The van der Waals surface area contributed by atoms with Crippen molar-refractivity contribution in [1.29, 1.82) is 0 Å². The van der Waals surface area contributed by atoms with Gasteiger partial charge in [-0.2, -0.15) is 0 Å². The Morgan fingerprint density at radius 3 is 2.28 bits per heavy atom. The maximum Gasteiger partial charge on any atom is 0.335 e. The van der Waals surface area contributed by atoms with Crippen molar-refractivity contribution in [3.05, 3.63) is 103 Å². The number of benzene rings is 3. The maximum atomic E-state index is 13.1. The number of imide groups is 2. The summed E-state index contributed by atoms with van der Waals surface area (Å²) in [6, 6.07) is 13.7. The van der Waals surface area contributed by atoms with Crippen molar-refractivity contribution in [2.75, 3.05) is 4.90 Å². The number of nitrogens with zero attached hydrogens (tertiary/aromatic N) is 2. The van der Waals surface area contributed by atoms with Crippen molar-refractivity contribution in [1.82, 2.24) is 5.32 Å². The summed E-state index contributed by atoms with van der Waals surface area (Å²) in [7, 11) is 0. The Morgan fingerprint density at radius 1 is 0.972 bits per heavy atom. The van der Waals surface area contributed by atoms with Crippen LogP contribution in [0.1, 0.15) is 11.1 Å². The molecule has 0 unspecified atom stereocenters. The number of hydrogen-bond acceptors (Lipinski definition) is 6. The van der Waals surface area contributed by atoms with Crippen molar-refractivity contribution in [3.63, 3.8) is 0 Å². The monoisotopic (exact) mass is 545 g/mol. The summed E-state index contributed by atoms with van der Waals surface area (Å²) in [5.41, 5.74) is 0.308. The molecule has 1 saturated heterocycles. The van der Waals surface area contributed by atoms with Crippen LogP contribution in [0.5, 0.6) is 5.75 Å². The fourth-order valence-corrected chi connectivity index (χ4v) is 4.08. The number of carbonyl (C=O) groups excluding carboxylic acids is 3. The SMILES string of the molecule is O=C1NC(=O)N(c2cccc([N+](=O)[O-])c2)C(=O)/C1=C/c1cc(Cl)c(OCc2ccc(Cl)cc2)c(Cl)c1. The van der Waals surface area contributed by atoms with E-state index in [1.807, 2.05) is 5.32 Å². The molecule has 4 rings (SSSR count). The topological polar surface area (TPSA) is 119 Å². The number of nitro benzene ring substituents is 1. The molecule has 0 bridgehead atoms. The minimum atomic E-state index is -1.04. The predicted molar refractivity (Wildman–Crippen MR) is 134 cm³/mol. The van der Waals surface area contributed by atoms with Crippen molar-refractivity contribution in [2.45, 2.75) is 6.61 Å². The van der Waals surface area contributed by atoms with Crippen LogP contribution in [0.25, 0.3) is 6.08 Å². The number of non-ortho nitro benzene ring substituents is 1. The molecule has 0 radical (unpaired) electrons. The van der Waals surface area contributed by atoms with Crippen LogP contribution in [0.3, 0.4) is 0 Å². The Balaban J connectivity index is 1.61. The van der Waals surface area contributed by atoms with Gasteiger partial charge in [0.15, 0.2) is 5.75 Å². The molecule has 3 aromatic rings. The maximum absolute atomic E-state index is 13.1. The van der Waals surface area contributed by atoms with Gasteiger partial charge >= 0.3 is 6.03 Å². The standard InChI is InChI=1S/C24H14Cl3N3O6/c25-15-6-4-13(5-7-15)12-36-21-19(26)9-14(10-20(21)27)8-18-22(31)28-24(33)29(23(18)32)16-2-1-3-17(11-16)30(34)35/h1-11H,12H2,(H,28,31,33)/b18-8+. The number of nitro groups is 1. The van der Waals surface area contributed by atoms with Crippen molar-refractivity contribution in [3.8, 4) is 5.75 Å². The smallest absolute Gasteiger partial charge is 0.335 e. The van der Waals surface area contributed by atoms with Gasteiger partial charge in [0.25, 0.3) is 17.5 Å². The number of nitrogens with one attached hydrogen (secondary N) is 1. The van der Waals surface area contributed by atoms with E-state index in [2.05, 4.69) is 0 Å². The summed E-state index contributed by atoms with van der Waals surface area (Å²) in [5.74, 6) is -1.72. The Bertz CT molecular complexity index is 1420. The first-order valence-electron chi connectivity index (χ1n) is 10.2. The summed E-state index contributed by atoms with van der Waals surface area (Å²) in [4.78, 5) is 48.9. The number of rotatable bonds is 6. The molecule has 1 heterocycles. The van der Waals surface area contributed by atoms with Crippen LogP contribution in [0.15, 0.2) is 66.2 Å². The molecule has 1 fully saturated rings. The number of hydrogen-bond donors (Lipinski definition) is 1. The third-order valence-corrected chi connectivity index (χ3v) is 5.84. The number of halogens is 3. The number of barbiturate groups is 1. The van der Waals surface area contributed by atoms with E-state index in [0.29, 0.717) is 9.92 Å². The van der Waals surface area contributed by atoms with Gasteiger partial charge in [-0.05, 0) is 47.5 Å². The number of carbonyl (C=O) groups is 3. The Labute approximate surface area is 219 Å². The van der Waals surface area contributed by atoms with Gasteiger partial charge in [0, 0.05) is 17.2 Å². The first-order chi connectivity index (χ1) is 17.1. The third kappa shape index (κ3) is 5.33. The second-order valence-corrected chi connectivity index (χ2v) is 8.71. The summed E-state index contributed by atoms with van der Waals surface area (Å²) in [6.07, 6.45) is 1.20. The molecule has 12 heteroatoms. The largest absolute Gasteiger partial charge is 0.486 e. The van der Waals surface area contributed by atoms with Crippen LogP contribution >= 0.6 is 34.8 Å². The molecule has 0 aliphatic carbocycles. The lowest BCUT2D eigenvalue weighted by Crippen LogP contribution is -2.54. The molecule has 1 aliphatic heterocycles. The molecule has 182 valence electrons. The van der Waals surface area contributed by atoms with Crippen LogP contribution in [0, 0.1) is 10.1 Å². The predicted octanol–water partition coefficient (Wildman–Crippen LogP) is 5.80. The zero-order chi connectivity index (χ0) is 26.0. The average Bonchev–Trinajstić information content (AvgIpc) is 2.82. The highest BCUT2D eigenvalue weighted by Crippen LogP contribution is 2.36. The fraction of sp³-hybridized carbons (Fsp3) is 0.0417. The molecule has 36 heavy (non-hydrogen) atoms. The van der Waals surface area contributed by atoms with Gasteiger partial charge in [0.05, 0.1) is 20.7 Å². The summed E-state index contributed by atoms with van der Waals surface area (Å²) in [6.45, 7) is 0.165. The highest BCUT2D eigenvalue weighted by atomic mass is 35.5. The fourth-order valence-electron chi connectivity index (χ4n) is 3.34. The average molecular weight is 547 g/mol. The van der Waals surface area contributed by atoms with Crippen molar-refractivity contribution < 1.29 is 24.0 Å². The normalized spacial score (nSPS) is 14.7. The molecule has 0 spiro atoms. The van der Waals surface area contributed by atoms with Gasteiger partial charge in [-0.15, -0.1) is 0 Å². The van der Waals surface area contributed by atoms with E-state index in [1.54, 1.807) is 24.3 Å². The first-order valence-corrected chi connectivity index (χ1v) is 11.3. The number of ether oxygens (including phenoxy) is 1. The van der Waals surface area contributed by atoms with Crippen LogP contribution in [-0.2, 0) is 16.2 Å². The Kier molecular flexibility index (Phi) is 7.25. The molecule has 0 atom stereocenters. The highest BCUT2D eigenvalue weighted by Gasteiger charge is 2.37. The van der Waals surface area contributed by atoms with Crippen LogP contribution in [0.2, 0.25) is 15.1 Å². The molecular formula is C24H14Cl3N3O6. The molecule has 1 aliphatic rings. The lowest BCUT2D eigenvalue weighted by atomic mass is 10.1. The summed E-state index contributed by atoms with van der Waals surface area (Å²) >= 11 is 18.6. The van der Waals surface area contributed by atoms with E-state index < -0.39 is 28.3 Å². The molecular weight excluding hydrogens is 533 g/mol. The van der Waals surface area contributed by atoms with E-state index >= 15 is 0 Å². The van der Waals surface area contributed by atoms with Crippen LogP contribution in [-0.4, -0.2) is 22.8 Å². The number of urea groups is 1. The van der Waals surface area contributed by atoms with Gasteiger partial charge in [0.2, 0.25) is 0 Å². The first kappa shape index (κ1) is 25.2. The molecule has 0 saturated carbocycles. The van der Waals surface area contributed by atoms with E-state index in [4.69, 9.17) is 39.5 Å². The zero-order valence-corrected chi connectivity index (χ0v) is 20.3. The summed E-state index contributed by atoms with van der Waals surface area (Å²) in [5, 5.41) is 14.0. The van der Waals surface area contributed by atoms with Crippen molar-refractivity contribution >= 4 is 70.1 Å². The second-order valence-electron chi connectivity index (χ2n) is 7.46. The number of anilines is 1. The lowest BCUT2D eigenvalue weighted by Gasteiger charge is -2.26. The van der Waals surface area contributed by atoms with Gasteiger partial charge in [0.1, 0.15) is 12.2 Å². The van der Waals surface area contributed by atoms with E-state index in [0.717, 1.165) is 11.6 Å². The molecule has 0 aromatic heterocycles. The molecule has 9 nitrogen and oxygen atoms in total. The zero-order valence-electron chi connectivity index (χ0n) is 18.0. The van der Waals surface area contributed by atoms with Gasteiger partial charge in [-0.25, -0.2) is 9.69 Å². The Hall–Kier alpha value is -3.92. The van der Waals surface area contributed by atoms with Gasteiger partial charge in [-0.1, -0.05) is 53.0 Å². The Morgan fingerprint density at radius 2 is 1.64 bits per heavy atom. The van der Waals surface area contributed by atoms with Crippen LogP contribution in [0.4, 0.5) is 16.2 Å². The minimum Gasteiger partial charge on any atom is -0.486 e.